The topological polar surface area (TPSA) is 3.24 Å². The van der Waals surface area contributed by atoms with Crippen LogP contribution in [0.25, 0.3) is 55.3 Å². The first-order valence-electron chi connectivity index (χ1n) is 21.2. The standard InChI is InChI=1S/C60H43N/c1-42-17-16-28-57-59(42)54-38-37-53(41-58(54)60(57,49-24-10-4-11-25-49)50-26-12-5-13-27-50)61(51-33-29-44(30-34-51)43-18-6-2-7-19-43)52-35-31-46(32-36-52)56-40-48-23-15-14-22-47(48)39-55(56)45-20-8-3-9-21-45/h2-41H,1H3. The minimum absolute atomic E-state index is 0.508. The molecule has 0 unspecified atom stereocenters. The van der Waals surface area contributed by atoms with Gasteiger partial charge in [0.1, 0.15) is 0 Å². The van der Waals surface area contributed by atoms with Gasteiger partial charge in [-0.2, -0.15) is 0 Å². The van der Waals surface area contributed by atoms with Crippen molar-refractivity contribution < 1.29 is 0 Å². The summed E-state index contributed by atoms with van der Waals surface area (Å²) < 4.78 is 0. The van der Waals surface area contributed by atoms with E-state index in [1.54, 1.807) is 0 Å². The van der Waals surface area contributed by atoms with E-state index in [-0.39, 0.29) is 0 Å². The summed E-state index contributed by atoms with van der Waals surface area (Å²) in [6.45, 7) is 2.25. The van der Waals surface area contributed by atoms with Gasteiger partial charge in [0.25, 0.3) is 0 Å². The van der Waals surface area contributed by atoms with E-state index >= 15 is 0 Å². The molecule has 0 atom stereocenters. The van der Waals surface area contributed by atoms with Crippen LogP contribution in [0.4, 0.5) is 17.1 Å². The molecule has 11 rings (SSSR count). The third-order valence-electron chi connectivity index (χ3n) is 12.7. The Labute approximate surface area is 358 Å². The summed E-state index contributed by atoms with van der Waals surface area (Å²) in [5.41, 5.74) is 19.0. The van der Waals surface area contributed by atoms with Gasteiger partial charge in [-0.05, 0) is 139 Å². The zero-order valence-corrected chi connectivity index (χ0v) is 34.0. The highest BCUT2D eigenvalue weighted by Crippen LogP contribution is 2.58. The summed E-state index contributed by atoms with van der Waals surface area (Å²) in [5.74, 6) is 0. The number of aryl methyl sites for hydroxylation is 1. The number of rotatable bonds is 8. The predicted molar refractivity (Wildman–Crippen MR) is 257 cm³/mol. The Bertz CT molecular complexity index is 3110. The number of fused-ring (bicyclic) bond motifs is 4. The van der Waals surface area contributed by atoms with Crippen LogP contribution in [0.5, 0.6) is 0 Å². The molecule has 0 radical (unpaired) electrons. The molecule has 0 N–H and O–H groups in total. The van der Waals surface area contributed by atoms with Gasteiger partial charge in [0.15, 0.2) is 0 Å². The third kappa shape index (κ3) is 6.17. The first-order valence-corrected chi connectivity index (χ1v) is 21.2. The lowest BCUT2D eigenvalue weighted by atomic mass is 9.67. The van der Waals surface area contributed by atoms with E-state index in [2.05, 4.69) is 254 Å². The average Bonchev–Trinajstić information content (AvgIpc) is 3.64. The molecule has 10 aromatic rings. The molecule has 0 fully saturated rings. The Kier molecular flexibility index (Phi) is 9.02. The van der Waals surface area contributed by atoms with Crippen molar-refractivity contribution in [3.05, 3.63) is 270 Å². The molecule has 1 heteroatoms. The van der Waals surface area contributed by atoms with Crippen molar-refractivity contribution in [1.82, 2.24) is 0 Å². The summed E-state index contributed by atoms with van der Waals surface area (Å²) in [5, 5.41) is 2.47. The van der Waals surface area contributed by atoms with Crippen LogP contribution in [-0.2, 0) is 5.41 Å². The molecule has 0 heterocycles. The number of hydrogen-bond donors (Lipinski definition) is 0. The van der Waals surface area contributed by atoms with Crippen molar-refractivity contribution in [2.75, 3.05) is 4.90 Å². The number of anilines is 3. The van der Waals surface area contributed by atoms with Crippen molar-refractivity contribution in [3.8, 4) is 44.5 Å². The predicted octanol–water partition coefficient (Wildman–Crippen LogP) is 16.0. The Morgan fingerprint density at radius 2 is 0.754 bits per heavy atom. The average molecular weight is 778 g/mol. The van der Waals surface area contributed by atoms with Gasteiger partial charge in [-0.15, -0.1) is 0 Å². The Morgan fingerprint density at radius 3 is 1.31 bits per heavy atom. The van der Waals surface area contributed by atoms with Crippen LogP contribution < -0.4 is 4.90 Å². The van der Waals surface area contributed by atoms with Crippen LogP contribution in [-0.4, -0.2) is 0 Å². The summed E-state index contributed by atoms with van der Waals surface area (Å²) in [4.78, 5) is 2.42. The molecule has 0 aliphatic heterocycles. The molecule has 61 heavy (non-hydrogen) atoms. The zero-order valence-electron chi connectivity index (χ0n) is 34.0. The number of nitrogens with zero attached hydrogens (tertiary/aromatic N) is 1. The van der Waals surface area contributed by atoms with Crippen LogP contribution >= 0.6 is 0 Å². The van der Waals surface area contributed by atoms with Gasteiger partial charge in [-0.25, -0.2) is 0 Å². The van der Waals surface area contributed by atoms with E-state index < -0.39 is 5.41 Å². The highest BCUT2D eigenvalue weighted by molar-refractivity contribution is 5.97. The van der Waals surface area contributed by atoms with E-state index in [1.165, 1.54) is 83.1 Å². The van der Waals surface area contributed by atoms with Gasteiger partial charge < -0.3 is 4.90 Å². The maximum atomic E-state index is 2.46. The molecule has 288 valence electrons. The van der Waals surface area contributed by atoms with Gasteiger partial charge in [-0.3, -0.25) is 0 Å². The highest BCUT2D eigenvalue weighted by Gasteiger charge is 2.46. The molecule has 0 amide bonds. The molecule has 1 aliphatic rings. The largest absolute Gasteiger partial charge is 0.310 e. The van der Waals surface area contributed by atoms with Crippen LogP contribution in [0.2, 0.25) is 0 Å². The van der Waals surface area contributed by atoms with Crippen molar-refractivity contribution >= 4 is 27.8 Å². The quantitative estimate of drug-likeness (QED) is 0.149. The van der Waals surface area contributed by atoms with Crippen LogP contribution in [0.3, 0.4) is 0 Å². The highest BCUT2D eigenvalue weighted by atomic mass is 15.1. The van der Waals surface area contributed by atoms with Crippen molar-refractivity contribution in [3.63, 3.8) is 0 Å². The minimum atomic E-state index is -0.508. The second-order valence-electron chi connectivity index (χ2n) is 16.1. The molecular formula is C60H43N. The first kappa shape index (κ1) is 36.3. The van der Waals surface area contributed by atoms with Crippen molar-refractivity contribution in [2.45, 2.75) is 12.3 Å². The second kappa shape index (κ2) is 15.1. The molecule has 0 saturated heterocycles. The SMILES string of the molecule is Cc1cccc2c1-c1ccc(N(c3ccc(-c4ccccc4)cc3)c3ccc(-c4cc5ccccc5cc4-c4ccccc4)cc3)cc1C2(c1ccccc1)c1ccccc1. The van der Waals surface area contributed by atoms with E-state index in [0.717, 1.165) is 17.1 Å². The second-order valence-corrected chi connectivity index (χ2v) is 16.1. The number of hydrogen-bond acceptors (Lipinski definition) is 1. The maximum absolute atomic E-state index is 2.46. The number of benzene rings is 10. The zero-order chi connectivity index (χ0) is 40.8. The van der Waals surface area contributed by atoms with Crippen LogP contribution in [0, 0.1) is 6.92 Å². The van der Waals surface area contributed by atoms with E-state index in [1.807, 2.05) is 0 Å². The first-order chi connectivity index (χ1) is 30.2. The molecule has 1 aliphatic carbocycles. The summed E-state index contributed by atoms with van der Waals surface area (Å²) in [6, 6.07) is 89.1. The lowest BCUT2D eigenvalue weighted by molar-refractivity contribution is 0.768. The van der Waals surface area contributed by atoms with Crippen molar-refractivity contribution in [2.24, 2.45) is 0 Å². The summed E-state index contributed by atoms with van der Waals surface area (Å²) in [7, 11) is 0. The summed E-state index contributed by atoms with van der Waals surface area (Å²) >= 11 is 0. The molecule has 0 bridgehead atoms. The van der Waals surface area contributed by atoms with E-state index in [0.29, 0.717) is 0 Å². The summed E-state index contributed by atoms with van der Waals surface area (Å²) in [6.07, 6.45) is 0. The normalized spacial score (nSPS) is 12.5. The Hall–Kier alpha value is -7.74. The molecular weight excluding hydrogens is 735 g/mol. The monoisotopic (exact) mass is 777 g/mol. The third-order valence-corrected chi connectivity index (χ3v) is 12.7. The van der Waals surface area contributed by atoms with Gasteiger partial charge in [0.05, 0.1) is 5.41 Å². The van der Waals surface area contributed by atoms with E-state index in [9.17, 15) is 0 Å². The fourth-order valence-corrected chi connectivity index (χ4v) is 9.85. The molecule has 0 aromatic heterocycles. The fraction of sp³-hybridized carbons (Fsp3) is 0.0333. The van der Waals surface area contributed by atoms with E-state index in [4.69, 9.17) is 0 Å². The van der Waals surface area contributed by atoms with Crippen LogP contribution in [0.15, 0.2) is 243 Å². The van der Waals surface area contributed by atoms with Gasteiger partial charge in [0.2, 0.25) is 0 Å². The minimum Gasteiger partial charge on any atom is -0.310 e. The van der Waals surface area contributed by atoms with Gasteiger partial charge in [0, 0.05) is 17.1 Å². The Balaban J connectivity index is 1.11. The lowest BCUT2D eigenvalue weighted by Crippen LogP contribution is -2.28. The molecule has 0 saturated carbocycles. The fourth-order valence-electron chi connectivity index (χ4n) is 9.85. The smallest absolute Gasteiger partial charge is 0.0714 e. The van der Waals surface area contributed by atoms with Crippen molar-refractivity contribution in [1.29, 1.82) is 0 Å². The maximum Gasteiger partial charge on any atom is 0.0714 e. The lowest BCUT2D eigenvalue weighted by Gasteiger charge is -2.35. The molecule has 10 aromatic carbocycles. The Morgan fingerprint density at radius 1 is 0.311 bits per heavy atom. The van der Waals surface area contributed by atoms with Gasteiger partial charge >= 0.3 is 0 Å². The van der Waals surface area contributed by atoms with Crippen LogP contribution in [0.1, 0.15) is 27.8 Å². The van der Waals surface area contributed by atoms with Gasteiger partial charge in [-0.1, -0.05) is 194 Å². The molecule has 0 spiro atoms. The molecule has 1 nitrogen and oxygen atoms in total.